The molecule has 1 unspecified atom stereocenters. The zero-order valence-electron chi connectivity index (χ0n) is 13.0. The second kappa shape index (κ2) is 6.84. The van der Waals surface area contributed by atoms with E-state index in [1.54, 1.807) is 14.2 Å². The highest BCUT2D eigenvalue weighted by Crippen LogP contribution is 2.36. The number of benzene rings is 1. The van der Waals surface area contributed by atoms with E-state index < -0.39 is 0 Å². The number of nitrogens with one attached hydrogen (secondary N) is 1. The fourth-order valence-corrected chi connectivity index (χ4v) is 2.86. The van der Waals surface area contributed by atoms with E-state index in [1.165, 1.54) is 18.4 Å². The van der Waals surface area contributed by atoms with E-state index in [2.05, 4.69) is 17.4 Å². The summed E-state index contributed by atoms with van der Waals surface area (Å²) in [6.45, 7) is 2.25. The smallest absolute Gasteiger partial charge is 0.142 e. The third-order valence-electron chi connectivity index (χ3n) is 3.97. The molecule has 1 atom stereocenters. The second-order valence-electron chi connectivity index (χ2n) is 5.65. The highest BCUT2D eigenvalue weighted by molar-refractivity contribution is 5.63. The first-order chi connectivity index (χ1) is 9.65. The molecule has 0 radical (unpaired) electrons. The molecule has 1 saturated heterocycles. The Morgan fingerprint density at radius 3 is 2.50 bits per heavy atom. The highest BCUT2D eigenvalue weighted by atomic mass is 16.5. The predicted molar refractivity (Wildman–Crippen MR) is 83.2 cm³/mol. The molecule has 112 valence electrons. The van der Waals surface area contributed by atoms with Gasteiger partial charge < -0.3 is 19.7 Å². The van der Waals surface area contributed by atoms with Gasteiger partial charge in [0.1, 0.15) is 11.5 Å². The summed E-state index contributed by atoms with van der Waals surface area (Å²) >= 11 is 0. The van der Waals surface area contributed by atoms with Crippen molar-refractivity contribution in [1.29, 1.82) is 0 Å². The first kappa shape index (κ1) is 15.0. The lowest BCUT2D eigenvalue weighted by molar-refractivity contribution is 0.361. The van der Waals surface area contributed by atoms with Gasteiger partial charge in [0.05, 0.1) is 19.9 Å². The Kier molecular flexibility index (Phi) is 5.12. The van der Waals surface area contributed by atoms with E-state index >= 15 is 0 Å². The number of nitrogens with zero attached hydrogens (tertiary/aromatic N) is 1. The molecule has 4 heteroatoms. The number of ether oxygens (including phenoxy) is 2. The maximum Gasteiger partial charge on any atom is 0.142 e. The fourth-order valence-electron chi connectivity index (χ4n) is 2.86. The van der Waals surface area contributed by atoms with Gasteiger partial charge in [-0.25, -0.2) is 0 Å². The van der Waals surface area contributed by atoms with Gasteiger partial charge in [0, 0.05) is 20.2 Å². The van der Waals surface area contributed by atoms with E-state index in [0.717, 1.165) is 36.7 Å². The van der Waals surface area contributed by atoms with Crippen molar-refractivity contribution in [2.75, 3.05) is 46.3 Å². The van der Waals surface area contributed by atoms with E-state index in [4.69, 9.17) is 9.47 Å². The minimum Gasteiger partial charge on any atom is -0.496 e. The van der Waals surface area contributed by atoms with Gasteiger partial charge in [-0.2, -0.15) is 0 Å². The summed E-state index contributed by atoms with van der Waals surface area (Å²) < 4.78 is 11.1. The van der Waals surface area contributed by atoms with Gasteiger partial charge in [-0.1, -0.05) is 0 Å². The van der Waals surface area contributed by atoms with Gasteiger partial charge in [0.15, 0.2) is 0 Å². The standard InChI is InChI=1S/C16H26N2O2/c1-18(2)14-10-15(19-3)13(9-16(14)20-4)8-12-6-5-7-17-11-12/h9-10,12,17H,5-8,11H2,1-4H3. The minimum atomic E-state index is 0.688. The quantitative estimate of drug-likeness (QED) is 0.896. The van der Waals surface area contributed by atoms with Crippen molar-refractivity contribution in [2.45, 2.75) is 19.3 Å². The number of hydrogen-bond donors (Lipinski definition) is 1. The van der Waals surface area contributed by atoms with Gasteiger partial charge in [-0.3, -0.25) is 0 Å². The van der Waals surface area contributed by atoms with Crippen LogP contribution in [0.2, 0.25) is 0 Å². The largest absolute Gasteiger partial charge is 0.496 e. The number of anilines is 1. The first-order valence-electron chi connectivity index (χ1n) is 7.28. The Hall–Kier alpha value is -1.42. The van der Waals surface area contributed by atoms with Crippen LogP contribution in [0.4, 0.5) is 5.69 Å². The SMILES string of the molecule is COc1cc(N(C)C)c(OC)cc1CC1CCCNC1. The zero-order chi connectivity index (χ0) is 14.5. The second-order valence-corrected chi connectivity index (χ2v) is 5.65. The number of hydrogen-bond acceptors (Lipinski definition) is 4. The molecule has 1 fully saturated rings. The lowest BCUT2D eigenvalue weighted by atomic mass is 9.91. The Morgan fingerprint density at radius 2 is 1.95 bits per heavy atom. The van der Waals surface area contributed by atoms with Crippen molar-refractivity contribution in [1.82, 2.24) is 5.32 Å². The average Bonchev–Trinajstić information content (AvgIpc) is 2.47. The van der Waals surface area contributed by atoms with Crippen LogP contribution >= 0.6 is 0 Å². The van der Waals surface area contributed by atoms with Gasteiger partial charge in [0.2, 0.25) is 0 Å². The summed E-state index contributed by atoms with van der Waals surface area (Å²) in [5, 5.41) is 3.47. The van der Waals surface area contributed by atoms with Crippen molar-refractivity contribution in [3.05, 3.63) is 17.7 Å². The van der Waals surface area contributed by atoms with Crippen molar-refractivity contribution >= 4 is 5.69 Å². The molecule has 4 nitrogen and oxygen atoms in total. The molecule has 0 saturated carbocycles. The van der Waals surface area contributed by atoms with Crippen LogP contribution in [0.5, 0.6) is 11.5 Å². The van der Waals surface area contributed by atoms with E-state index in [1.807, 2.05) is 19.0 Å². The summed E-state index contributed by atoms with van der Waals surface area (Å²) in [5.41, 5.74) is 2.29. The Labute approximate surface area is 122 Å². The average molecular weight is 278 g/mol. The lowest BCUT2D eigenvalue weighted by Gasteiger charge is -2.25. The number of piperidine rings is 1. The molecule has 20 heavy (non-hydrogen) atoms. The number of rotatable bonds is 5. The van der Waals surface area contributed by atoms with Gasteiger partial charge in [-0.05, 0) is 49.9 Å². The topological polar surface area (TPSA) is 33.7 Å². The molecule has 2 rings (SSSR count). The third kappa shape index (κ3) is 3.37. The molecule has 0 bridgehead atoms. The van der Waals surface area contributed by atoms with Crippen LogP contribution in [0.15, 0.2) is 12.1 Å². The van der Waals surface area contributed by atoms with Gasteiger partial charge in [0.25, 0.3) is 0 Å². The van der Waals surface area contributed by atoms with Crippen LogP contribution in [0.3, 0.4) is 0 Å². The fraction of sp³-hybridized carbons (Fsp3) is 0.625. The lowest BCUT2D eigenvalue weighted by Crippen LogP contribution is -2.30. The molecule has 1 aromatic rings. The Balaban J connectivity index is 2.26. The molecule has 0 aromatic heterocycles. The van der Waals surface area contributed by atoms with E-state index in [-0.39, 0.29) is 0 Å². The molecule has 1 aromatic carbocycles. The third-order valence-corrected chi connectivity index (χ3v) is 3.97. The monoisotopic (exact) mass is 278 g/mol. The van der Waals surface area contributed by atoms with Crippen molar-refractivity contribution in [2.24, 2.45) is 5.92 Å². The van der Waals surface area contributed by atoms with Gasteiger partial charge in [-0.15, -0.1) is 0 Å². The van der Waals surface area contributed by atoms with E-state index in [0.29, 0.717) is 5.92 Å². The summed E-state index contributed by atoms with van der Waals surface area (Å²) in [7, 11) is 7.49. The Morgan fingerprint density at radius 1 is 1.20 bits per heavy atom. The van der Waals surface area contributed by atoms with Crippen LogP contribution in [0, 0.1) is 5.92 Å². The summed E-state index contributed by atoms with van der Waals surface area (Å²) in [6.07, 6.45) is 3.59. The first-order valence-corrected chi connectivity index (χ1v) is 7.28. The number of methoxy groups -OCH3 is 2. The molecule has 0 spiro atoms. The molecular formula is C16H26N2O2. The Bertz CT molecular complexity index is 440. The molecule has 1 N–H and O–H groups in total. The summed E-state index contributed by atoms with van der Waals surface area (Å²) in [4.78, 5) is 2.05. The minimum absolute atomic E-state index is 0.688. The van der Waals surface area contributed by atoms with Crippen LogP contribution in [0.1, 0.15) is 18.4 Å². The summed E-state index contributed by atoms with van der Waals surface area (Å²) in [5.74, 6) is 2.56. The molecule has 0 aliphatic carbocycles. The van der Waals surface area contributed by atoms with Crippen molar-refractivity contribution in [3.63, 3.8) is 0 Å². The molecule has 1 heterocycles. The van der Waals surface area contributed by atoms with Crippen LogP contribution in [-0.4, -0.2) is 41.4 Å². The van der Waals surface area contributed by atoms with Crippen molar-refractivity contribution in [3.8, 4) is 11.5 Å². The normalized spacial score (nSPS) is 18.7. The molecule has 0 amide bonds. The maximum atomic E-state index is 5.57. The molecule has 1 aliphatic heterocycles. The van der Waals surface area contributed by atoms with Crippen molar-refractivity contribution < 1.29 is 9.47 Å². The van der Waals surface area contributed by atoms with Gasteiger partial charge >= 0.3 is 0 Å². The molecular weight excluding hydrogens is 252 g/mol. The molecule has 1 aliphatic rings. The van der Waals surface area contributed by atoms with Crippen LogP contribution < -0.4 is 19.7 Å². The van der Waals surface area contributed by atoms with Crippen LogP contribution in [0.25, 0.3) is 0 Å². The summed E-state index contributed by atoms with van der Waals surface area (Å²) in [6, 6.07) is 4.20. The maximum absolute atomic E-state index is 5.57. The van der Waals surface area contributed by atoms with E-state index in [9.17, 15) is 0 Å². The zero-order valence-corrected chi connectivity index (χ0v) is 13.0. The predicted octanol–water partition coefficient (Wildman–Crippen LogP) is 2.31. The highest BCUT2D eigenvalue weighted by Gasteiger charge is 2.18. The van der Waals surface area contributed by atoms with Crippen LogP contribution in [-0.2, 0) is 6.42 Å².